The summed E-state index contributed by atoms with van der Waals surface area (Å²) in [7, 11) is -2.26. The van der Waals surface area contributed by atoms with Crippen LogP contribution in [0.5, 0.6) is 5.75 Å². The second-order valence-electron chi connectivity index (χ2n) is 6.12. The summed E-state index contributed by atoms with van der Waals surface area (Å²) in [6.45, 7) is 0.852. The molecule has 3 rings (SSSR count). The monoisotopic (exact) mass is 462 g/mol. The first-order chi connectivity index (χ1) is 13.2. The highest BCUT2D eigenvalue weighted by Gasteiger charge is 2.31. The van der Waals surface area contributed by atoms with E-state index in [2.05, 4.69) is 0 Å². The molecule has 6 nitrogen and oxygen atoms in total. The lowest BCUT2D eigenvalue weighted by Crippen LogP contribution is -2.50. The van der Waals surface area contributed by atoms with Crippen molar-refractivity contribution in [3.63, 3.8) is 0 Å². The van der Waals surface area contributed by atoms with E-state index in [0.717, 1.165) is 0 Å². The van der Waals surface area contributed by atoms with Gasteiger partial charge in [-0.05, 0) is 36.4 Å². The Kier molecular flexibility index (Phi) is 6.41. The molecule has 1 aliphatic rings. The van der Waals surface area contributed by atoms with Gasteiger partial charge in [0.15, 0.2) is 0 Å². The van der Waals surface area contributed by atoms with Crippen LogP contribution in [-0.2, 0) is 10.0 Å². The van der Waals surface area contributed by atoms with Gasteiger partial charge in [-0.2, -0.15) is 4.31 Å². The largest absolute Gasteiger partial charge is 0.496 e. The van der Waals surface area contributed by atoms with Crippen molar-refractivity contribution in [2.24, 2.45) is 0 Å². The molecule has 0 spiro atoms. The first-order valence-electron chi connectivity index (χ1n) is 8.32. The molecule has 2 aromatic rings. The van der Waals surface area contributed by atoms with Gasteiger partial charge in [-0.3, -0.25) is 4.79 Å². The van der Waals surface area contributed by atoms with E-state index >= 15 is 0 Å². The summed E-state index contributed by atoms with van der Waals surface area (Å²) in [6.07, 6.45) is 0. The quantitative estimate of drug-likeness (QED) is 0.692. The van der Waals surface area contributed by atoms with E-state index in [1.54, 1.807) is 23.1 Å². The van der Waals surface area contributed by atoms with Crippen LogP contribution in [0.4, 0.5) is 0 Å². The molecule has 0 unspecified atom stereocenters. The zero-order chi connectivity index (χ0) is 20.5. The van der Waals surface area contributed by atoms with E-state index in [1.807, 2.05) is 0 Å². The number of sulfonamides is 1. The Bertz CT molecular complexity index is 1010. The Morgan fingerprint density at radius 3 is 2.25 bits per heavy atom. The fourth-order valence-corrected chi connectivity index (χ4v) is 4.90. The molecule has 0 radical (unpaired) electrons. The van der Waals surface area contributed by atoms with E-state index in [1.165, 1.54) is 29.6 Å². The van der Waals surface area contributed by atoms with Crippen molar-refractivity contribution in [1.29, 1.82) is 0 Å². The van der Waals surface area contributed by atoms with Crippen LogP contribution >= 0.6 is 34.8 Å². The zero-order valence-electron chi connectivity index (χ0n) is 14.9. The molecule has 0 N–H and O–H groups in total. The number of piperazine rings is 1. The minimum atomic E-state index is -3.72. The minimum Gasteiger partial charge on any atom is -0.496 e. The molecule has 1 heterocycles. The molecule has 10 heteroatoms. The highest BCUT2D eigenvalue weighted by molar-refractivity contribution is 7.89. The molecule has 28 heavy (non-hydrogen) atoms. The number of carbonyl (C=O) groups is 1. The topological polar surface area (TPSA) is 66.9 Å². The molecule has 0 bridgehead atoms. The summed E-state index contributed by atoms with van der Waals surface area (Å²) in [5.41, 5.74) is 0.382. The van der Waals surface area contributed by atoms with Crippen LogP contribution in [0.2, 0.25) is 15.1 Å². The summed E-state index contributed by atoms with van der Waals surface area (Å²) < 4.78 is 32.2. The van der Waals surface area contributed by atoms with Gasteiger partial charge in [0.1, 0.15) is 5.75 Å². The van der Waals surface area contributed by atoms with Gasteiger partial charge in [0, 0.05) is 31.2 Å². The third-order valence-electron chi connectivity index (χ3n) is 4.45. The zero-order valence-corrected chi connectivity index (χ0v) is 17.9. The first kappa shape index (κ1) is 21.2. The molecule has 1 aliphatic heterocycles. The van der Waals surface area contributed by atoms with Crippen LogP contribution in [-0.4, -0.2) is 56.8 Å². The molecule has 150 valence electrons. The summed E-state index contributed by atoms with van der Waals surface area (Å²) >= 11 is 17.7. The lowest BCUT2D eigenvalue weighted by molar-refractivity contribution is 0.0694. The van der Waals surface area contributed by atoms with Crippen molar-refractivity contribution < 1.29 is 17.9 Å². The maximum atomic E-state index is 12.8. The van der Waals surface area contributed by atoms with E-state index in [0.29, 0.717) is 16.3 Å². The van der Waals surface area contributed by atoms with Crippen LogP contribution in [0.3, 0.4) is 0 Å². The number of methoxy groups -OCH3 is 1. The molecule has 0 atom stereocenters. The fraction of sp³-hybridized carbons (Fsp3) is 0.278. The number of carbonyl (C=O) groups excluding carboxylic acids is 1. The van der Waals surface area contributed by atoms with Crippen molar-refractivity contribution in [2.75, 3.05) is 33.3 Å². The third-order valence-corrected chi connectivity index (χ3v) is 7.32. The van der Waals surface area contributed by atoms with Gasteiger partial charge in [-0.25, -0.2) is 8.42 Å². The van der Waals surface area contributed by atoms with E-state index in [4.69, 9.17) is 39.5 Å². The van der Waals surface area contributed by atoms with Crippen molar-refractivity contribution in [2.45, 2.75) is 4.90 Å². The first-order valence-corrected chi connectivity index (χ1v) is 10.9. The van der Waals surface area contributed by atoms with Gasteiger partial charge >= 0.3 is 0 Å². The number of amides is 1. The molecule has 0 aromatic heterocycles. The van der Waals surface area contributed by atoms with Gasteiger partial charge in [0.25, 0.3) is 5.91 Å². The van der Waals surface area contributed by atoms with Crippen LogP contribution in [0.15, 0.2) is 41.3 Å². The Balaban J connectivity index is 1.73. The minimum absolute atomic E-state index is 0.0704. The van der Waals surface area contributed by atoms with Gasteiger partial charge in [-0.1, -0.05) is 34.8 Å². The Labute approximate surface area is 178 Å². The van der Waals surface area contributed by atoms with Crippen molar-refractivity contribution >= 4 is 50.7 Å². The summed E-state index contributed by atoms with van der Waals surface area (Å²) in [4.78, 5) is 14.5. The summed E-state index contributed by atoms with van der Waals surface area (Å²) in [5, 5.41) is 0.922. The van der Waals surface area contributed by atoms with E-state index < -0.39 is 10.0 Å². The van der Waals surface area contributed by atoms with Gasteiger partial charge in [-0.15, -0.1) is 0 Å². The second-order valence-corrected chi connectivity index (χ2v) is 9.31. The number of ether oxygens (including phenoxy) is 1. The smallest absolute Gasteiger partial charge is 0.257 e. The van der Waals surface area contributed by atoms with Crippen molar-refractivity contribution in [1.82, 2.24) is 9.21 Å². The summed E-state index contributed by atoms with van der Waals surface area (Å²) in [5.74, 6) is 0.142. The van der Waals surface area contributed by atoms with E-state index in [9.17, 15) is 13.2 Å². The van der Waals surface area contributed by atoms with Crippen LogP contribution < -0.4 is 4.74 Å². The average molecular weight is 464 g/mol. The average Bonchev–Trinajstić information content (AvgIpc) is 2.69. The molecule has 0 aliphatic carbocycles. The molecule has 1 fully saturated rings. The van der Waals surface area contributed by atoms with Crippen LogP contribution in [0.1, 0.15) is 10.4 Å². The fourth-order valence-electron chi connectivity index (χ4n) is 2.93. The normalized spacial score (nSPS) is 15.5. The lowest BCUT2D eigenvalue weighted by atomic mass is 10.1. The maximum absolute atomic E-state index is 12.8. The molecular weight excluding hydrogens is 447 g/mol. The number of rotatable bonds is 4. The number of halogens is 3. The number of benzene rings is 2. The third kappa shape index (κ3) is 4.23. The standard InChI is InChI=1S/C18H17Cl3N2O4S/c1-27-17-10-12(19)2-4-14(17)18(24)22-6-8-23(9-7-22)28(25,26)13-3-5-15(20)16(21)11-13/h2-5,10-11H,6-9H2,1H3. The SMILES string of the molecule is COc1cc(Cl)ccc1C(=O)N1CCN(S(=O)(=O)c2ccc(Cl)c(Cl)c2)CC1. The number of nitrogens with zero attached hydrogens (tertiary/aromatic N) is 2. The Morgan fingerprint density at radius 2 is 1.64 bits per heavy atom. The Morgan fingerprint density at radius 1 is 0.964 bits per heavy atom. The lowest BCUT2D eigenvalue weighted by Gasteiger charge is -2.34. The Hall–Kier alpha value is -1.51. The number of hydrogen-bond acceptors (Lipinski definition) is 4. The molecule has 2 aromatic carbocycles. The van der Waals surface area contributed by atoms with Gasteiger partial charge < -0.3 is 9.64 Å². The molecule has 1 amide bonds. The highest BCUT2D eigenvalue weighted by atomic mass is 35.5. The van der Waals surface area contributed by atoms with Crippen LogP contribution in [0, 0.1) is 0 Å². The van der Waals surface area contributed by atoms with Crippen molar-refractivity contribution in [3.05, 3.63) is 57.0 Å². The second kappa shape index (κ2) is 8.47. The number of hydrogen-bond donors (Lipinski definition) is 0. The molecule has 1 saturated heterocycles. The van der Waals surface area contributed by atoms with E-state index in [-0.39, 0.29) is 47.0 Å². The predicted molar refractivity (Wildman–Crippen MR) is 109 cm³/mol. The highest BCUT2D eigenvalue weighted by Crippen LogP contribution is 2.28. The molecular formula is C18H17Cl3N2O4S. The predicted octanol–water partition coefficient (Wildman–Crippen LogP) is 3.80. The maximum Gasteiger partial charge on any atom is 0.257 e. The van der Waals surface area contributed by atoms with Gasteiger partial charge in [0.2, 0.25) is 10.0 Å². The summed E-state index contributed by atoms with van der Waals surface area (Å²) in [6, 6.07) is 8.97. The molecule has 0 saturated carbocycles. The van der Waals surface area contributed by atoms with Crippen LogP contribution in [0.25, 0.3) is 0 Å². The van der Waals surface area contributed by atoms with Gasteiger partial charge in [0.05, 0.1) is 27.6 Å². The van der Waals surface area contributed by atoms with Crippen molar-refractivity contribution in [3.8, 4) is 5.75 Å².